The summed E-state index contributed by atoms with van der Waals surface area (Å²) >= 11 is 0. The maximum Gasteiger partial charge on any atom is 0.319 e. The number of hydrogen-bond donors (Lipinski definition) is 3. The fourth-order valence-corrected chi connectivity index (χ4v) is 1.38. The number of hydrogen-bond acceptors (Lipinski definition) is 3. The van der Waals surface area contributed by atoms with E-state index in [1.165, 1.54) is 0 Å². The Kier molecular flexibility index (Phi) is 5.68. The number of carbonyl (C=O) groups excluding carboxylic acids is 1. The van der Waals surface area contributed by atoms with Gasteiger partial charge < -0.3 is 16.0 Å². The Labute approximate surface area is 107 Å². The van der Waals surface area contributed by atoms with Gasteiger partial charge >= 0.3 is 6.03 Å². The highest BCUT2D eigenvalue weighted by Gasteiger charge is 2.01. The largest absolute Gasteiger partial charge is 0.337 e. The quantitative estimate of drug-likeness (QED) is 0.692. The molecule has 0 aliphatic rings. The van der Waals surface area contributed by atoms with Crippen molar-refractivity contribution in [2.24, 2.45) is 0 Å². The summed E-state index contributed by atoms with van der Waals surface area (Å²) < 4.78 is 0. The van der Waals surface area contributed by atoms with Crippen LogP contribution in [-0.4, -0.2) is 25.2 Å². The van der Waals surface area contributed by atoms with E-state index in [2.05, 4.69) is 16.0 Å². The predicted octanol–water partition coefficient (Wildman–Crippen LogP) is 1.68. The molecule has 5 heteroatoms. The summed E-state index contributed by atoms with van der Waals surface area (Å²) in [5, 5.41) is 17.3. The summed E-state index contributed by atoms with van der Waals surface area (Å²) in [5.74, 6) is 0. The minimum absolute atomic E-state index is 0.268. The van der Waals surface area contributed by atoms with E-state index in [-0.39, 0.29) is 6.03 Å². The minimum atomic E-state index is -0.268. The second kappa shape index (κ2) is 7.30. The van der Waals surface area contributed by atoms with Crippen LogP contribution in [0.25, 0.3) is 0 Å². The monoisotopic (exact) mass is 246 g/mol. The van der Waals surface area contributed by atoms with Gasteiger partial charge in [0, 0.05) is 24.8 Å². The van der Waals surface area contributed by atoms with Crippen LogP contribution in [0.1, 0.15) is 19.4 Å². The summed E-state index contributed by atoms with van der Waals surface area (Å²) in [7, 11) is 0. The van der Waals surface area contributed by atoms with Crippen molar-refractivity contribution < 1.29 is 4.79 Å². The topological polar surface area (TPSA) is 76.9 Å². The first kappa shape index (κ1) is 14.0. The second-order valence-electron chi connectivity index (χ2n) is 4.18. The SMILES string of the molecule is CC(C)NCCNC(=O)Nc1cccc(C#N)c1. The van der Waals surface area contributed by atoms with Gasteiger partial charge in [-0.25, -0.2) is 4.79 Å². The third-order valence-corrected chi connectivity index (χ3v) is 2.21. The Morgan fingerprint density at radius 3 is 2.83 bits per heavy atom. The lowest BCUT2D eigenvalue weighted by Gasteiger charge is -2.10. The van der Waals surface area contributed by atoms with Crippen molar-refractivity contribution in [3.8, 4) is 6.07 Å². The van der Waals surface area contributed by atoms with Gasteiger partial charge in [0.05, 0.1) is 11.6 Å². The predicted molar refractivity (Wildman–Crippen MR) is 71.3 cm³/mol. The molecule has 18 heavy (non-hydrogen) atoms. The lowest BCUT2D eigenvalue weighted by Crippen LogP contribution is -2.36. The number of amides is 2. The number of urea groups is 1. The van der Waals surface area contributed by atoms with Gasteiger partial charge in [-0.05, 0) is 18.2 Å². The molecule has 96 valence electrons. The molecular formula is C13H18N4O. The normalized spacial score (nSPS) is 9.89. The maximum absolute atomic E-state index is 11.5. The molecule has 0 heterocycles. The number of nitriles is 1. The Balaban J connectivity index is 2.33. The number of rotatable bonds is 5. The van der Waals surface area contributed by atoms with Gasteiger partial charge in [-0.2, -0.15) is 5.26 Å². The van der Waals surface area contributed by atoms with Crippen LogP contribution in [0.4, 0.5) is 10.5 Å². The molecule has 0 aliphatic heterocycles. The van der Waals surface area contributed by atoms with E-state index in [0.29, 0.717) is 23.8 Å². The zero-order valence-corrected chi connectivity index (χ0v) is 10.7. The van der Waals surface area contributed by atoms with Gasteiger partial charge in [0.2, 0.25) is 0 Å². The Morgan fingerprint density at radius 2 is 2.17 bits per heavy atom. The summed E-state index contributed by atoms with van der Waals surface area (Å²) in [6.45, 7) is 5.38. The third-order valence-electron chi connectivity index (χ3n) is 2.21. The molecule has 5 nitrogen and oxygen atoms in total. The average Bonchev–Trinajstić information content (AvgIpc) is 2.34. The van der Waals surface area contributed by atoms with Gasteiger partial charge in [0.25, 0.3) is 0 Å². The fraction of sp³-hybridized carbons (Fsp3) is 0.385. The van der Waals surface area contributed by atoms with Crippen molar-refractivity contribution in [2.45, 2.75) is 19.9 Å². The van der Waals surface area contributed by atoms with Crippen LogP contribution in [0.5, 0.6) is 0 Å². The standard InChI is InChI=1S/C13H18N4O/c1-10(2)15-6-7-16-13(18)17-12-5-3-4-11(8-12)9-14/h3-5,8,10,15H,6-7H2,1-2H3,(H2,16,17,18). The smallest absolute Gasteiger partial charge is 0.319 e. The lowest BCUT2D eigenvalue weighted by atomic mass is 10.2. The van der Waals surface area contributed by atoms with Crippen LogP contribution in [0.15, 0.2) is 24.3 Å². The summed E-state index contributed by atoms with van der Waals surface area (Å²) in [4.78, 5) is 11.5. The maximum atomic E-state index is 11.5. The van der Waals surface area contributed by atoms with Gasteiger partial charge in [-0.15, -0.1) is 0 Å². The van der Waals surface area contributed by atoms with E-state index in [0.717, 1.165) is 6.54 Å². The van der Waals surface area contributed by atoms with Crippen LogP contribution < -0.4 is 16.0 Å². The molecule has 0 aliphatic carbocycles. The van der Waals surface area contributed by atoms with E-state index in [9.17, 15) is 4.79 Å². The van der Waals surface area contributed by atoms with E-state index < -0.39 is 0 Å². The molecule has 0 aromatic heterocycles. The number of nitrogens with one attached hydrogen (secondary N) is 3. The molecule has 3 N–H and O–H groups in total. The van der Waals surface area contributed by atoms with Crippen LogP contribution in [0.3, 0.4) is 0 Å². The fourth-order valence-electron chi connectivity index (χ4n) is 1.38. The lowest BCUT2D eigenvalue weighted by molar-refractivity contribution is 0.252. The Bertz CT molecular complexity index is 437. The summed E-state index contributed by atoms with van der Waals surface area (Å²) in [5.41, 5.74) is 1.14. The van der Waals surface area contributed by atoms with Gasteiger partial charge in [-0.3, -0.25) is 0 Å². The molecule has 0 saturated carbocycles. The Hall–Kier alpha value is -2.06. The van der Waals surface area contributed by atoms with Crippen LogP contribution in [0, 0.1) is 11.3 Å². The molecule has 0 radical (unpaired) electrons. The summed E-state index contributed by atoms with van der Waals surface area (Å²) in [6, 6.07) is 8.96. The molecule has 1 rings (SSSR count). The molecule has 0 saturated heterocycles. The van der Waals surface area contributed by atoms with Gasteiger partial charge in [0.1, 0.15) is 0 Å². The molecular weight excluding hydrogens is 228 g/mol. The number of anilines is 1. The molecule has 0 bridgehead atoms. The molecule has 1 aromatic rings. The first-order chi connectivity index (χ1) is 8.61. The highest BCUT2D eigenvalue weighted by Crippen LogP contribution is 2.09. The molecule has 2 amide bonds. The van der Waals surface area contributed by atoms with E-state index >= 15 is 0 Å². The van der Waals surface area contributed by atoms with Crippen molar-refractivity contribution in [3.63, 3.8) is 0 Å². The summed E-state index contributed by atoms with van der Waals surface area (Å²) in [6.07, 6.45) is 0. The van der Waals surface area contributed by atoms with E-state index in [1.807, 2.05) is 19.9 Å². The number of nitrogens with zero attached hydrogens (tertiary/aromatic N) is 1. The van der Waals surface area contributed by atoms with Gasteiger partial charge in [-0.1, -0.05) is 19.9 Å². The second-order valence-corrected chi connectivity index (χ2v) is 4.18. The zero-order valence-electron chi connectivity index (χ0n) is 10.7. The highest BCUT2D eigenvalue weighted by atomic mass is 16.2. The van der Waals surface area contributed by atoms with E-state index in [1.54, 1.807) is 24.3 Å². The molecule has 1 aromatic carbocycles. The number of benzene rings is 1. The van der Waals surface area contributed by atoms with Crippen LogP contribution in [0.2, 0.25) is 0 Å². The van der Waals surface area contributed by atoms with Gasteiger partial charge in [0.15, 0.2) is 0 Å². The van der Waals surface area contributed by atoms with Crippen molar-refractivity contribution in [1.29, 1.82) is 5.26 Å². The first-order valence-corrected chi connectivity index (χ1v) is 5.90. The number of carbonyl (C=O) groups is 1. The van der Waals surface area contributed by atoms with Crippen molar-refractivity contribution in [3.05, 3.63) is 29.8 Å². The van der Waals surface area contributed by atoms with Crippen molar-refractivity contribution in [1.82, 2.24) is 10.6 Å². The van der Waals surface area contributed by atoms with Crippen LogP contribution in [-0.2, 0) is 0 Å². The Morgan fingerprint density at radius 1 is 1.39 bits per heavy atom. The third kappa shape index (κ3) is 5.32. The average molecular weight is 246 g/mol. The van der Waals surface area contributed by atoms with Crippen molar-refractivity contribution >= 4 is 11.7 Å². The zero-order chi connectivity index (χ0) is 13.4. The van der Waals surface area contributed by atoms with Crippen molar-refractivity contribution in [2.75, 3.05) is 18.4 Å². The first-order valence-electron chi connectivity index (χ1n) is 5.90. The molecule has 0 fully saturated rings. The highest BCUT2D eigenvalue weighted by molar-refractivity contribution is 5.89. The van der Waals surface area contributed by atoms with E-state index in [4.69, 9.17) is 5.26 Å². The minimum Gasteiger partial charge on any atom is -0.337 e. The molecule has 0 spiro atoms. The molecule has 0 unspecified atom stereocenters. The molecule has 0 atom stereocenters. The van der Waals surface area contributed by atoms with Crippen LogP contribution >= 0.6 is 0 Å².